The minimum Gasteiger partial charge on any atom is -0.326 e. The van der Waals surface area contributed by atoms with Crippen molar-refractivity contribution in [3.63, 3.8) is 0 Å². The molecular formula is C9H8INO. The van der Waals surface area contributed by atoms with Gasteiger partial charge in [-0.1, -0.05) is 6.07 Å². The van der Waals surface area contributed by atoms with Gasteiger partial charge in [0.05, 0.1) is 0 Å². The first-order chi connectivity index (χ1) is 5.75. The van der Waals surface area contributed by atoms with Crippen LogP contribution in [0.3, 0.4) is 0 Å². The van der Waals surface area contributed by atoms with Crippen molar-refractivity contribution in [2.45, 2.75) is 12.8 Å². The quantitative estimate of drug-likeness (QED) is 0.721. The molecule has 1 aliphatic rings. The Morgan fingerprint density at radius 1 is 1.33 bits per heavy atom. The van der Waals surface area contributed by atoms with Crippen LogP contribution in [-0.4, -0.2) is 5.91 Å². The summed E-state index contributed by atoms with van der Waals surface area (Å²) in [5.41, 5.74) is 2.23. The Kier molecular flexibility index (Phi) is 2.04. The Bertz CT molecular complexity index is 335. The van der Waals surface area contributed by atoms with Gasteiger partial charge in [-0.15, -0.1) is 0 Å². The fourth-order valence-corrected chi connectivity index (χ4v) is 1.84. The number of nitrogens with one attached hydrogen (secondary N) is 1. The number of benzene rings is 1. The van der Waals surface area contributed by atoms with Crippen molar-refractivity contribution < 1.29 is 4.79 Å². The molecule has 1 N–H and O–H groups in total. The Morgan fingerprint density at radius 2 is 2.17 bits per heavy atom. The van der Waals surface area contributed by atoms with Crippen molar-refractivity contribution in [2.24, 2.45) is 0 Å². The number of anilines is 1. The lowest BCUT2D eigenvalue weighted by atomic mass is 10.0. The number of fused-ring (bicyclic) bond motifs is 1. The van der Waals surface area contributed by atoms with Crippen LogP contribution in [0.4, 0.5) is 5.69 Å². The van der Waals surface area contributed by atoms with Crippen molar-refractivity contribution in [1.29, 1.82) is 0 Å². The third kappa shape index (κ3) is 1.46. The molecule has 62 valence electrons. The zero-order valence-corrected chi connectivity index (χ0v) is 8.59. The van der Waals surface area contributed by atoms with E-state index in [9.17, 15) is 4.79 Å². The fraction of sp³-hybridized carbons (Fsp3) is 0.222. The summed E-state index contributed by atoms with van der Waals surface area (Å²) in [4.78, 5) is 11.0. The summed E-state index contributed by atoms with van der Waals surface area (Å²) in [6, 6.07) is 6.15. The lowest BCUT2D eigenvalue weighted by molar-refractivity contribution is -0.116. The zero-order valence-electron chi connectivity index (χ0n) is 6.43. The van der Waals surface area contributed by atoms with E-state index in [1.165, 1.54) is 5.56 Å². The first-order valence-corrected chi connectivity index (χ1v) is 4.92. The standard InChI is InChI=1S/C9H8INO/c10-7-3-1-6-2-4-9(12)11-8(6)5-7/h1,3,5H,2,4H2,(H,11,12). The van der Waals surface area contributed by atoms with E-state index < -0.39 is 0 Å². The SMILES string of the molecule is O=C1CCc2ccc(I)cc2N1. The van der Waals surface area contributed by atoms with Crippen LogP contribution in [0.25, 0.3) is 0 Å². The first-order valence-electron chi connectivity index (χ1n) is 3.84. The molecule has 0 atom stereocenters. The van der Waals surface area contributed by atoms with E-state index in [1.807, 2.05) is 6.07 Å². The van der Waals surface area contributed by atoms with Gasteiger partial charge in [-0.3, -0.25) is 4.79 Å². The molecule has 0 unspecified atom stereocenters. The molecule has 1 aliphatic heterocycles. The highest BCUT2D eigenvalue weighted by Gasteiger charge is 2.13. The van der Waals surface area contributed by atoms with Gasteiger partial charge in [0.2, 0.25) is 5.91 Å². The molecule has 0 saturated carbocycles. The van der Waals surface area contributed by atoms with Crippen LogP contribution in [0.2, 0.25) is 0 Å². The Morgan fingerprint density at radius 3 is 3.00 bits per heavy atom. The van der Waals surface area contributed by atoms with Gasteiger partial charge in [0.15, 0.2) is 0 Å². The van der Waals surface area contributed by atoms with E-state index in [1.54, 1.807) is 0 Å². The fourth-order valence-electron chi connectivity index (χ4n) is 1.34. The van der Waals surface area contributed by atoms with Gasteiger partial charge in [0.1, 0.15) is 0 Å². The summed E-state index contributed by atoms with van der Waals surface area (Å²) in [5.74, 6) is 0.129. The maximum absolute atomic E-state index is 11.0. The molecule has 1 aromatic rings. The summed E-state index contributed by atoms with van der Waals surface area (Å²) in [5, 5.41) is 2.86. The van der Waals surface area contributed by atoms with E-state index in [2.05, 4.69) is 40.0 Å². The van der Waals surface area contributed by atoms with Gasteiger partial charge in [-0.2, -0.15) is 0 Å². The lowest BCUT2D eigenvalue weighted by Crippen LogP contribution is -2.18. The van der Waals surface area contributed by atoms with E-state index in [-0.39, 0.29) is 5.91 Å². The zero-order chi connectivity index (χ0) is 8.55. The second-order valence-corrected chi connectivity index (χ2v) is 4.10. The van der Waals surface area contributed by atoms with Crippen LogP contribution in [0.15, 0.2) is 18.2 Å². The predicted molar refractivity (Wildman–Crippen MR) is 56.1 cm³/mol. The van der Waals surface area contributed by atoms with Gasteiger partial charge in [-0.05, 0) is 46.7 Å². The van der Waals surface area contributed by atoms with Crippen molar-refractivity contribution in [3.8, 4) is 0 Å². The van der Waals surface area contributed by atoms with Gasteiger partial charge in [0.25, 0.3) is 0 Å². The van der Waals surface area contributed by atoms with Crippen molar-refractivity contribution >= 4 is 34.2 Å². The highest BCUT2D eigenvalue weighted by Crippen LogP contribution is 2.23. The van der Waals surface area contributed by atoms with Crippen molar-refractivity contribution in [2.75, 3.05) is 5.32 Å². The predicted octanol–water partition coefficient (Wildman–Crippen LogP) is 2.18. The van der Waals surface area contributed by atoms with Crippen molar-refractivity contribution in [3.05, 3.63) is 27.3 Å². The number of aryl methyl sites for hydroxylation is 1. The average molecular weight is 273 g/mol. The van der Waals surface area contributed by atoms with E-state index >= 15 is 0 Å². The number of hydrogen-bond acceptors (Lipinski definition) is 1. The lowest BCUT2D eigenvalue weighted by Gasteiger charge is -2.16. The molecule has 1 heterocycles. The maximum atomic E-state index is 11.0. The van der Waals surface area contributed by atoms with E-state index in [0.717, 1.165) is 15.7 Å². The molecule has 0 spiro atoms. The topological polar surface area (TPSA) is 29.1 Å². The molecule has 1 amide bonds. The Labute approximate surface area is 84.5 Å². The van der Waals surface area contributed by atoms with Crippen molar-refractivity contribution in [1.82, 2.24) is 0 Å². The van der Waals surface area contributed by atoms with Gasteiger partial charge >= 0.3 is 0 Å². The minimum atomic E-state index is 0.129. The van der Waals surface area contributed by atoms with Crippen LogP contribution in [-0.2, 0) is 11.2 Å². The van der Waals surface area contributed by atoms with Crippen LogP contribution in [0.5, 0.6) is 0 Å². The molecule has 3 heteroatoms. The summed E-state index contributed by atoms with van der Waals surface area (Å²) in [6.07, 6.45) is 1.49. The molecule has 0 saturated heterocycles. The molecule has 12 heavy (non-hydrogen) atoms. The number of halogens is 1. The number of carbonyl (C=O) groups excluding carboxylic acids is 1. The van der Waals surface area contributed by atoms with E-state index in [4.69, 9.17) is 0 Å². The maximum Gasteiger partial charge on any atom is 0.224 e. The smallest absolute Gasteiger partial charge is 0.224 e. The number of rotatable bonds is 0. The minimum absolute atomic E-state index is 0.129. The molecule has 0 aromatic heterocycles. The molecule has 0 fully saturated rings. The van der Waals surface area contributed by atoms with E-state index in [0.29, 0.717) is 6.42 Å². The summed E-state index contributed by atoms with van der Waals surface area (Å²) in [7, 11) is 0. The first kappa shape index (κ1) is 8.04. The third-order valence-electron chi connectivity index (χ3n) is 1.97. The summed E-state index contributed by atoms with van der Waals surface area (Å²) in [6.45, 7) is 0. The van der Waals surface area contributed by atoms with Crippen LogP contribution < -0.4 is 5.32 Å². The van der Waals surface area contributed by atoms with Gasteiger partial charge < -0.3 is 5.32 Å². The molecule has 0 aliphatic carbocycles. The second-order valence-electron chi connectivity index (χ2n) is 2.85. The van der Waals surface area contributed by atoms with Crippen LogP contribution in [0.1, 0.15) is 12.0 Å². The third-order valence-corrected chi connectivity index (χ3v) is 2.64. The molecule has 0 radical (unpaired) electrons. The van der Waals surface area contributed by atoms with Gasteiger partial charge in [0, 0.05) is 15.7 Å². The molecule has 1 aromatic carbocycles. The molecule has 2 rings (SSSR count). The Hall–Kier alpha value is -0.580. The van der Waals surface area contributed by atoms with Crippen LogP contribution >= 0.6 is 22.6 Å². The highest BCUT2D eigenvalue weighted by atomic mass is 127. The van der Waals surface area contributed by atoms with Crippen LogP contribution in [0, 0.1) is 3.57 Å². The van der Waals surface area contributed by atoms with Gasteiger partial charge in [-0.25, -0.2) is 0 Å². The molecule has 2 nitrogen and oxygen atoms in total. The number of carbonyl (C=O) groups is 1. The Balaban J connectivity index is 2.44. The number of hydrogen-bond donors (Lipinski definition) is 1. The number of amides is 1. The second kappa shape index (κ2) is 3.05. The largest absolute Gasteiger partial charge is 0.326 e. The highest BCUT2D eigenvalue weighted by molar-refractivity contribution is 14.1. The summed E-state index contributed by atoms with van der Waals surface area (Å²) >= 11 is 2.24. The average Bonchev–Trinajstić information content (AvgIpc) is 2.03. The molecule has 0 bridgehead atoms. The molecular weight excluding hydrogens is 265 g/mol. The normalized spacial score (nSPS) is 15.2. The monoisotopic (exact) mass is 273 g/mol. The summed E-state index contributed by atoms with van der Waals surface area (Å²) < 4.78 is 1.16.